The fourth-order valence-corrected chi connectivity index (χ4v) is 0. The molecule has 6 N–H and O–H groups in total. The molecule has 0 aliphatic carbocycles. The van der Waals surface area contributed by atoms with Crippen molar-refractivity contribution >= 4 is 0 Å². The van der Waals surface area contributed by atoms with Crippen molar-refractivity contribution < 1.29 is 20.4 Å². The van der Waals surface area contributed by atoms with E-state index in [1.54, 1.807) is 0 Å². The van der Waals surface area contributed by atoms with Gasteiger partial charge in [0.25, 0.3) is 0 Å². The van der Waals surface area contributed by atoms with Gasteiger partial charge in [-0.15, -0.1) is 13.2 Å². The SMILES string of the molecule is C=C.N.N.[Pd]. The second kappa shape index (κ2) is 459. The van der Waals surface area contributed by atoms with Crippen LogP contribution in [-0.4, -0.2) is 0 Å². The Bertz CT molecular complexity index is 7.61. The van der Waals surface area contributed by atoms with Gasteiger partial charge in [-0.05, 0) is 0 Å². The minimum absolute atomic E-state index is 0. The van der Waals surface area contributed by atoms with E-state index in [-0.39, 0.29) is 32.7 Å². The predicted molar refractivity (Wildman–Crippen MR) is 21.3 cm³/mol. The minimum atomic E-state index is 0. The summed E-state index contributed by atoms with van der Waals surface area (Å²) in [5.74, 6) is 0. The van der Waals surface area contributed by atoms with Gasteiger partial charge in [0.2, 0.25) is 0 Å². The zero-order valence-electron chi connectivity index (χ0n) is 3.14. The van der Waals surface area contributed by atoms with E-state index >= 15 is 0 Å². The van der Waals surface area contributed by atoms with Gasteiger partial charge >= 0.3 is 0 Å². The fraction of sp³-hybridized carbons (Fsp3) is 0. The molecule has 0 aliphatic rings. The Morgan fingerprint density at radius 3 is 0.800 bits per heavy atom. The van der Waals surface area contributed by atoms with Crippen LogP contribution in [0.25, 0.3) is 0 Å². The summed E-state index contributed by atoms with van der Waals surface area (Å²) in [6, 6.07) is 0. The molecule has 38 valence electrons. The molecule has 0 spiro atoms. The van der Waals surface area contributed by atoms with Gasteiger partial charge in [0.05, 0.1) is 0 Å². The summed E-state index contributed by atoms with van der Waals surface area (Å²) in [6.07, 6.45) is 0. The van der Waals surface area contributed by atoms with Crippen molar-refractivity contribution in [2.24, 2.45) is 0 Å². The molecular weight excluding hydrogens is 158 g/mol. The molecule has 0 radical (unpaired) electrons. The zero-order chi connectivity index (χ0) is 2.00. The molecule has 0 heterocycles. The predicted octanol–water partition coefficient (Wildman–Crippen LogP) is 1.12. The quantitative estimate of drug-likeness (QED) is 0.420. The fourth-order valence-electron chi connectivity index (χ4n) is 0. The Hall–Kier alpha value is 0.322. The van der Waals surface area contributed by atoms with Gasteiger partial charge < -0.3 is 12.3 Å². The van der Waals surface area contributed by atoms with Crippen LogP contribution < -0.4 is 12.3 Å². The Morgan fingerprint density at radius 2 is 0.800 bits per heavy atom. The van der Waals surface area contributed by atoms with Crippen LogP contribution in [0.2, 0.25) is 0 Å². The van der Waals surface area contributed by atoms with E-state index < -0.39 is 0 Å². The third-order valence-electron chi connectivity index (χ3n) is 0. The molecule has 0 rings (SSSR count). The maximum atomic E-state index is 3.00. The van der Waals surface area contributed by atoms with Gasteiger partial charge in [0.15, 0.2) is 0 Å². The van der Waals surface area contributed by atoms with Gasteiger partial charge in [-0.3, -0.25) is 0 Å². The van der Waals surface area contributed by atoms with Crippen molar-refractivity contribution in [1.29, 1.82) is 0 Å². The molecule has 0 unspecified atom stereocenters. The van der Waals surface area contributed by atoms with Crippen molar-refractivity contribution in [3.8, 4) is 0 Å². The van der Waals surface area contributed by atoms with E-state index in [0.717, 1.165) is 0 Å². The summed E-state index contributed by atoms with van der Waals surface area (Å²) < 4.78 is 0. The monoisotopic (exact) mass is 168 g/mol. The van der Waals surface area contributed by atoms with Crippen LogP contribution in [0.3, 0.4) is 0 Å². The molecule has 5 heavy (non-hydrogen) atoms. The second-order valence-electron chi connectivity index (χ2n) is 0. The first-order chi connectivity index (χ1) is 1.00. The zero-order valence-corrected chi connectivity index (χ0v) is 4.70. The van der Waals surface area contributed by atoms with Crippen molar-refractivity contribution in [3.63, 3.8) is 0 Å². The summed E-state index contributed by atoms with van der Waals surface area (Å²) in [5.41, 5.74) is 0. The van der Waals surface area contributed by atoms with Crippen LogP contribution in [0, 0.1) is 0 Å². The summed E-state index contributed by atoms with van der Waals surface area (Å²) in [7, 11) is 0. The average molecular weight is 169 g/mol. The Morgan fingerprint density at radius 1 is 0.800 bits per heavy atom. The Balaban J connectivity index is -0.00000000167. The topological polar surface area (TPSA) is 70.0 Å². The van der Waals surface area contributed by atoms with Crippen LogP contribution >= 0.6 is 0 Å². The van der Waals surface area contributed by atoms with Crippen molar-refractivity contribution in [3.05, 3.63) is 13.2 Å². The molecule has 0 bridgehead atoms. The van der Waals surface area contributed by atoms with Crippen LogP contribution in [0.5, 0.6) is 0 Å². The van der Waals surface area contributed by atoms with E-state index in [1.807, 2.05) is 0 Å². The summed E-state index contributed by atoms with van der Waals surface area (Å²) in [5, 5.41) is 0. The number of hydrogen-bond donors (Lipinski definition) is 2. The summed E-state index contributed by atoms with van der Waals surface area (Å²) in [4.78, 5) is 0. The van der Waals surface area contributed by atoms with E-state index in [0.29, 0.717) is 0 Å². The Labute approximate surface area is 46.5 Å². The van der Waals surface area contributed by atoms with Gasteiger partial charge in [-0.25, -0.2) is 0 Å². The maximum absolute atomic E-state index is 3.00. The molecule has 0 aromatic carbocycles. The van der Waals surface area contributed by atoms with E-state index in [2.05, 4.69) is 13.2 Å². The van der Waals surface area contributed by atoms with Crippen molar-refractivity contribution in [2.45, 2.75) is 0 Å². The van der Waals surface area contributed by atoms with Crippen LogP contribution in [0.1, 0.15) is 0 Å². The molecule has 2 nitrogen and oxygen atoms in total. The molecule has 0 saturated heterocycles. The molecule has 0 saturated carbocycles. The first kappa shape index (κ1) is 56.9. The molecule has 3 heteroatoms. The Kier molecular flexibility index (Phi) is 5220. The van der Waals surface area contributed by atoms with E-state index in [4.69, 9.17) is 0 Å². The molecule has 0 amide bonds. The first-order valence-electron chi connectivity index (χ1n) is 0.500. The maximum Gasteiger partial charge on any atom is 0 e. The van der Waals surface area contributed by atoms with Gasteiger partial charge in [-0.1, -0.05) is 0 Å². The van der Waals surface area contributed by atoms with Gasteiger partial charge in [-0.2, -0.15) is 0 Å². The van der Waals surface area contributed by atoms with Gasteiger partial charge in [0, 0.05) is 20.4 Å². The van der Waals surface area contributed by atoms with E-state index in [9.17, 15) is 0 Å². The molecular formula is C2H10N2Pd. The van der Waals surface area contributed by atoms with Crippen LogP contribution in [0.15, 0.2) is 13.2 Å². The summed E-state index contributed by atoms with van der Waals surface area (Å²) in [6.45, 7) is 6.00. The molecule has 0 fully saturated rings. The summed E-state index contributed by atoms with van der Waals surface area (Å²) >= 11 is 0. The normalized spacial score (nSPS) is 0.800. The standard InChI is InChI=1S/C2H4.2H3N.Pd/c1-2;;;/h1-2H2;2*1H3;. The third kappa shape index (κ3) is 224. The minimum Gasteiger partial charge on any atom is -0.344 e. The van der Waals surface area contributed by atoms with Crippen LogP contribution in [-0.2, 0) is 20.4 Å². The molecule has 0 aromatic heterocycles. The molecule has 0 aromatic rings. The van der Waals surface area contributed by atoms with Crippen molar-refractivity contribution in [2.75, 3.05) is 0 Å². The van der Waals surface area contributed by atoms with Gasteiger partial charge in [0.1, 0.15) is 0 Å². The second-order valence-corrected chi connectivity index (χ2v) is 0. The first-order valence-corrected chi connectivity index (χ1v) is 0.500. The molecule has 0 aliphatic heterocycles. The smallest absolute Gasteiger partial charge is 0 e. The number of rotatable bonds is 0. The van der Waals surface area contributed by atoms with E-state index in [1.165, 1.54) is 0 Å². The molecule has 0 atom stereocenters. The average Bonchev–Trinajstić information content (AvgIpc) is 1.00. The number of hydrogen-bond acceptors (Lipinski definition) is 2. The largest absolute Gasteiger partial charge is 0.344 e. The van der Waals surface area contributed by atoms with Crippen molar-refractivity contribution in [1.82, 2.24) is 12.3 Å². The van der Waals surface area contributed by atoms with Crippen LogP contribution in [0.4, 0.5) is 0 Å². The third-order valence-corrected chi connectivity index (χ3v) is 0.